The quantitative estimate of drug-likeness (QED) is 0.603. The summed E-state index contributed by atoms with van der Waals surface area (Å²) in [5, 5.41) is 6.58. The van der Waals surface area contributed by atoms with E-state index < -0.39 is 29.3 Å². The number of ether oxygens (including phenoxy) is 3. The summed E-state index contributed by atoms with van der Waals surface area (Å²) in [5.41, 5.74) is 0.204. The summed E-state index contributed by atoms with van der Waals surface area (Å²) in [5.74, 6) is 0.311. The topological polar surface area (TPSA) is 113 Å². The highest BCUT2D eigenvalue weighted by atomic mass is 16.6. The van der Waals surface area contributed by atoms with Crippen LogP contribution in [0, 0.1) is 0 Å². The van der Waals surface area contributed by atoms with Crippen molar-refractivity contribution in [2.75, 3.05) is 6.61 Å². The van der Waals surface area contributed by atoms with Crippen LogP contribution < -0.4 is 5.32 Å². The SMILES string of the molecule is CCOCc1nc(-c2ccc(C[C@H](NC(=O)OC(C)(C)C)C(=O)OC(C)(C)C)cc2)no1. The number of nitrogens with zero attached hydrogens (tertiary/aromatic N) is 2. The van der Waals surface area contributed by atoms with E-state index in [1.54, 1.807) is 41.5 Å². The van der Waals surface area contributed by atoms with Crippen LogP contribution in [0.2, 0.25) is 0 Å². The summed E-state index contributed by atoms with van der Waals surface area (Å²) in [4.78, 5) is 29.3. The van der Waals surface area contributed by atoms with Crippen LogP contribution in [0.5, 0.6) is 0 Å². The van der Waals surface area contributed by atoms with Crippen molar-refractivity contribution in [3.8, 4) is 11.4 Å². The van der Waals surface area contributed by atoms with Crippen molar-refractivity contribution in [2.45, 2.75) is 78.7 Å². The van der Waals surface area contributed by atoms with Gasteiger partial charge in [0.25, 0.3) is 5.89 Å². The maximum atomic E-state index is 12.7. The Morgan fingerprint density at radius 1 is 1.03 bits per heavy atom. The van der Waals surface area contributed by atoms with E-state index in [1.807, 2.05) is 31.2 Å². The summed E-state index contributed by atoms with van der Waals surface area (Å²) in [7, 11) is 0. The molecule has 2 rings (SSSR count). The average Bonchev–Trinajstić information content (AvgIpc) is 3.12. The van der Waals surface area contributed by atoms with Crippen LogP contribution in [0.4, 0.5) is 4.79 Å². The number of rotatable bonds is 8. The zero-order valence-corrected chi connectivity index (χ0v) is 19.9. The van der Waals surface area contributed by atoms with E-state index in [4.69, 9.17) is 18.7 Å². The number of aromatic nitrogens is 2. The number of carbonyl (C=O) groups excluding carboxylic acids is 2. The van der Waals surface area contributed by atoms with E-state index >= 15 is 0 Å². The molecule has 1 amide bonds. The Hall–Kier alpha value is -2.94. The molecule has 176 valence electrons. The summed E-state index contributed by atoms with van der Waals surface area (Å²) >= 11 is 0. The first-order valence-electron chi connectivity index (χ1n) is 10.6. The minimum Gasteiger partial charge on any atom is -0.458 e. The molecule has 0 aliphatic heterocycles. The molecule has 0 unspecified atom stereocenters. The molecule has 0 aliphatic rings. The summed E-state index contributed by atoms with van der Waals surface area (Å²) < 4.78 is 21.2. The van der Waals surface area contributed by atoms with Gasteiger partial charge in [0.05, 0.1) is 0 Å². The fourth-order valence-corrected chi connectivity index (χ4v) is 2.66. The minimum atomic E-state index is -0.905. The third kappa shape index (κ3) is 8.66. The molecule has 1 aromatic carbocycles. The van der Waals surface area contributed by atoms with Crippen LogP contribution in [-0.2, 0) is 32.0 Å². The molecule has 0 spiro atoms. The molecular weight excluding hydrogens is 414 g/mol. The third-order valence-electron chi connectivity index (χ3n) is 3.93. The van der Waals surface area contributed by atoms with Crippen LogP contribution in [0.1, 0.15) is 59.9 Å². The van der Waals surface area contributed by atoms with E-state index in [1.165, 1.54) is 0 Å². The van der Waals surface area contributed by atoms with Gasteiger partial charge in [0, 0.05) is 18.6 Å². The molecule has 0 fully saturated rings. The number of esters is 1. The highest BCUT2D eigenvalue weighted by molar-refractivity contribution is 5.82. The van der Waals surface area contributed by atoms with Gasteiger partial charge in [0.2, 0.25) is 5.82 Å². The molecule has 1 heterocycles. The Morgan fingerprint density at radius 2 is 1.66 bits per heavy atom. The Balaban J connectivity index is 2.12. The lowest BCUT2D eigenvalue weighted by atomic mass is 10.0. The van der Waals surface area contributed by atoms with Gasteiger partial charge in [-0.25, -0.2) is 9.59 Å². The first kappa shape index (κ1) is 25.3. The van der Waals surface area contributed by atoms with E-state index in [0.717, 1.165) is 11.1 Å². The molecule has 0 saturated carbocycles. The van der Waals surface area contributed by atoms with Gasteiger partial charge in [-0.05, 0) is 54.0 Å². The van der Waals surface area contributed by atoms with E-state index in [2.05, 4.69) is 15.5 Å². The average molecular weight is 448 g/mol. The molecule has 0 saturated heterocycles. The molecule has 1 aromatic heterocycles. The lowest BCUT2D eigenvalue weighted by Crippen LogP contribution is -2.47. The maximum absolute atomic E-state index is 12.7. The molecule has 0 radical (unpaired) electrons. The van der Waals surface area contributed by atoms with Crippen LogP contribution in [0.3, 0.4) is 0 Å². The van der Waals surface area contributed by atoms with Crippen LogP contribution in [0.25, 0.3) is 11.4 Å². The highest BCUT2D eigenvalue weighted by Crippen LogP contribution is 2.19. The van der Waals surface area contributed by atoms with E-state index in [-0.39, 0.29) is 13.0 Å². The van der Waals surface area contributed by atoms with Gasteiger partial charge in [-0.1, -0.05) is 29.4 Å². The molecule has 9 nitrogen and oxygen atoms in total. The van der Waals surface area contributed by atoms with E-state index in [9.17, 15) is 9.59 Å². The van der Waals surface area contributed by atoms with Crippen molar-refractivity contribution in [3.63, 3.8) is 0 Å². The van der Waals surface area contributed by atoms with Gasteiger partial charge in [-0.3, -0.25) is 0 Å². The van der Waals surface area contributed by atoms with Crippen molar-refractivity contribution >= 4 is 12.1 Å². The monoisotopic (exact) mass is 447 g/mol. The zero-order chi connectivity index (χ0) is 23.9. The molecule has 9 heteroatoms. The first-order chi connectivity index (χ1) is 14.9. The number of nitrogens with one attached hydrogen (secondary N) is 1. The molecule has 1 atom stereocenters. The Morgan fingerprint density at radius 3 is 2.22 bits per heavy atom. The third-order valence-corrected chi connectivity index (χ3v) is 3.93. The predicted molar refractivity (Wildman–Crippen MR) is 118 cm³/mol. The standard InChI is InChI=1S/C23H33N3O6/c1-8-29-14-18-25-19(26-32-18)16-11-9-15(10-12-16)13-17(20(27)30-22(2,3)4)24-21(28)31-23(5,6)7/h9-12,17H,8,13-14H2,1-7H3,(H,24,28)/t17-/m0/s1. The van der Waals surface area contributed by atoms with Gasteiger partial charge in [0.15, 0.2) is 0 Å². The largest absolute Gasteiger partial charge is 0.458 e. The first-order valence-corrected chi connectivity index (χ1v) is 10.6. The Kier molecular flexibility index (Phi) is 8.38. The van der Waals surface area contributed by atoms with Gasteiger partial charge in [0.1, 0.15) is 23.9 Å². The fourth-order valence-electron chi connectivity index (χ4n) is 2.66. The van der Waals surface area contributed by atoms with Crippen LogP contribution >= 0.6 is 0 Å². The van der Waals surface area contributed by atoms with E-state index in [0.29, 0.717) is 18.3 Å². The maximum Gasteiger partial charge on any atom is 0.408 e. The molecular formula is C23H33N3O6. The molecule has 0 aliphatic carbocycles. The second kappa shape index (κ2) is 10.6. The van der Waals surface area contributed by atoms with Gasteiger partial charge < -0.3 is 24.1 Å². The number of hydrogen-bond acceptors (Lipinski definition) is 8. The smallest absolute Gasteiger partial charge is 0.408 e. The lowest BCUT2D eigenvalue weighted by molar-refractivity contribution is -0.157. The lowest BCUT2D eigenvalue weighted by Gasteiger charge is -2.26. The van der Waals surface area contributed by atoms with Crippen molar-refractivity contribution in [1.29, 1.82) is 0 Å². The van der Waals surface area contributed by atoms with Crippen molar-refractivity contribution in [3.05, 3.63) is 35.7 Å². The number of hydrogen-bond donors (Lipinski definition) is 1. The van der Waals surface area contributed by atoms with Crippen molar-refractivity contribution < 1.29 is 28.3 Å². The molecule has 2 aromatic rings. The number of alkyl carbamates (subject to hydrolysis) is 1. The molecule has 1 N–H and O–H groups in total. The van der Waals surface area contributed by atoms with Crippen LogP contribution in [0.15, 0.2) is 28.8 Å². The van der Waals surface area contributed by atoms with Crippen LogP contribution in [-0.4, -0.2) is 46.1 Å². The van der Waals surface area contributed by atoms with Gasteiger partial charge in [-0.15, -0.1) is 0 Å². The molecule has 0 bridgehead atoms. The molecule has 32 heavy (non-hydrogen) atoms. The summed E-state index contributed by atoms with van der Waals surface area (Å²) in [6, 6.07) is 6.41. The second-order valence-electron chi connectivity index (χ2n) is 9.28. The zero-order valence-electron chi connectivity index (χ0n) is 19.9. The van der Waals surface area contributed by atoms with Gasteiger partial charge >= 0.3 is 12.1 Å². The second-order valence-corrected chi connectivity index (χ2v) is 9.28. The predicted octanol–water partition coefficient (Wildman–Crippen LogP) is 4.05. The Bertz CT molecular complexity index is 894. The highest BCUT2D eigenvalue weighted by Gasteiger charge is 2.29. The number of carbonyl (C=O) groups is 2. The summed E-state index contributed by atoms with van der Waals surface area (Å²) in [6.45, 7) is 13.3. The summed E-state index contributed by atoms with van der Waals surface area (Å²) in [6.07, 6.45) is -0.449. The normalized spacial score (nSPS) is 12.8. The fraction of sp³-hybridized carbons (Fsp3) is 0.565. The number of amides is 1. The van der Waals surface area contributed by atoms with Gasteiger partial charge in [-0.2, -0.15) is 4.98 Å². The number of benzene rings is 1. The van der Waals surface area contributed by atoms with Crippen molar-refractivity contribution in [1.82, 2.24) is 15.5 Å². The van der Waals surface area contributed by atoms with Crippen molar-refractivity contribution in [2.24, 2.45) is 0 Å². The Labute approximate surface area is 188 Å². The minimum absolute atomic E-state index is 0.232.